The van der Waals surface area contributed by atoms with E-state index in [0.29, 0.717) is 0 Å². The highest BCUT2D eigenvalue weighted by Gasteiger charge is 2.42. The van der Waals surface area contributed by atoms with Crippen LogP contribution in [0.15, 0.2) is 30.3 Å². The predicted molar refractivity (Wildman–Crippen MR) is 83.8 cm³/mol. The summed E-state index contributed by atoms with van der Waals surface area (Å²) in [6.07, 6.45) is 11.5. The van der Waals surface area contributed by atoms with Crippen LogP contribution in [0.3, 0.4) is 0 Å². The number of rotatable bonds is 5. The van der Waals surface area contributed by atoms with E-state index in [2.05, 4.69) is 35.6 Å². The minimum Gasteiger partial charge on any atom is -0.311 e. The first-order chi connectivity index (χ1) is 9.90. The highest BCUT2D eigenvalue weighted by Crippen LogP contribution is 2.45. The summed E-state index contributed by atoms with van der Waals surface area (Å²) in [7, 11) is 0. The van der Waals surface area contributed by atoms with Gasteiger partial charge in [-0.3, -0.25) is 0 Å². The molecule has 108 valence electrons. The highest BCUT2D eigenvalue weighted by molar-refractivity contribution is 5.20. The van der Waals surface area contributed by atoms with Crippen molar-refractivity contribution in [1.29, 1.82) is 0 Å². The van der Waals surface area contributed by atoms with Gasteiger partial charge in [-0.05, 0) is 74.7 Å². The Morgan fingerprint density at radius 2 is 1.35 bits per heavy atom. The molecule has 0 aromatic heterocycles. The van der Waals surface area contributed by atoms with Crippen LogP contribution in [0.2, 0.25) is 0 Å². The molecule has 1 heteroatoms. The molecule has 0 amide bonds. The van der Waals surface area contributed by atoms with Gasteiger partial charge in [-0.1, -0.05) is 30.3 Å². The third-order valence-corrected chi connectivity index (χ3v) is 5.69. The van der Waals surface area contributed by atoms with Crippen LogP contribution in [0.25, 0.3) is 0 Å². The second-order valence-corrected chi connectivity index (χ2v) is 7.33. The molecular weight excluding hydrogens is 242 g/mol. The molecule has 0 heterocycles. The molecule has 3 aliphatic carbocycles. The van der Waals surface area contributed by atoms with Crippen LogP contribution in [0.1, 0.15) is 62.8 Å². The average Bonchev–Trinajstić information content (AvgIpc) is 3.40. The first-order valence-corrected chi connectivity index (χ1v) is 8.71. The lowest BCUT2D eigenvalue weighted by molar-refractivity contribution is 0.286. The SMILES string of the molecule is c1ccc(C2CCC(NC(C3CC3)C3CC3)CC2)cc1. The predicted octanol–water partition coefficient (Wildman–Crippen LogP) is 4.49. The van der Waals surface area contributed by atoms with Gasteiger partial charge in [-0.15, -0.1) is 0 Å². The average molecular weight is 269 g/mol. The van der Waals surface area contributed by atoms with Gasteiger partial charge in [0, 0.05) is 12.1 Å². The number of benzene rings is 1. The maximum absolute atomic E-state index is 4.05. The summed E-state index contributed by atoms with van der Waals surface area (Å²) in [4.78, 5) is 0. The summed E-state index contributed by atoms with van der Waals surface area (Å²) in [6, 6.07) is 12.8. The standard InChI is InChI=1S/C19H27N/c1-2-4-14(5-3-1)15-10-12-18(13-11-15)20-19(16-6-7-16)17-8-9-17/h1-5,15-20H,6-13H2. The van der Waals surface area contributed by atoms with Gasteiger partial charge < -0.3 is 5.32 Å². The minimum absolute atomic E-state index is 0.807. The van der Waals surface area contributed by atoms with Gasteiger partial charge in [0.1, 0.15) is 0 Å². The van der Waals surface area contributed by atoms with E-state index in [1.807, 2.05) is 0 Å². The Morgan fingerprint density at radius 3 is 1.90 bits per heavy atom. The molecule has 1 aromatic rings. The molecule has 0 radical (unpaired) electrons. The Hall–Kier alpha value is -0.820. The van der Waals surface area contributed by atoms with E-state index in [0.717, 1.165) is 29.8 Å². The molecule has 1 N–H and O–H groups in total. The highest BCUT2D eigenvalue weighted by atomic mass is 15.0. The Labute approximate surface area is 123 Å². The maximum Gasteiger partial charge on any atom is 0.0126 e. The molecule has 0 bridgehead atoms. The van der Waals surface area contributed by atoms with Gasteiger partial charge in [0.2, 0.25) is 0 Å². The molecule has 4 rings (SSSR count). The zero-order valence-electron chi connectivity index (χ0n) is 12.4. The lowest BCUT2D eigenvalue weighted by Gasteiger charge is -2.32. The van der Waals surface area contributed by atoms with Gasteiger partial charge in [0.15, 0.2) is 0 Å². The van der Waals surface area contributed by atoms with Gasteiger partial charge in [0.25, 0.3) is 0 Å². The lowest BCUT2D eigenvalue weighted by atomic mass is 9.81. The van der Waals surface area contributed by atoms with Crippen molar-refractivity contribution < 1.29 is 0 Å². The minimum atomic E-state index is 0.807. The smallest absolute Gasteiger partial charge is 0.0126 e. The van der Waals surface area contributed by atoms with Crippen LogP contribution < -0.4 is 5.32 Å². The van der Waals surface area contributed by atoms with Crippen LogP contribution in [0.5, 0.6) is 0 Å². The Morgan fingerprint density at radius 1 is 0.750 bits per heavy atom. The van der Waals surface area contributed by atoms with E-state index in [1.54, 1.807) is 5.56 Å². The summed E-state index contributed by atoms with van der Waals surface area (Å²) < 4.78 is 0. The quantitative estimate of drug-likeness (QED) is 0.830. The lowest BCUT2D eigenvalue weighted by Crippen LogP contribution is -2.42. The molecule has 3 aliphatic rings. The van der Waals surface area contributed by atoms with Crippen molar-refractivity contribution in [2.24, 2.45) is 11.8 Å². The topological polar surface area (TPSA) is 12.0 Å². The van der Waals surface area contributed by atoms with Crippen molar-refractivity contribution in [3.63, 3.8) is 0 Å². The van der Waals surface area contributed by atoms with Gasteiger partial charge in [-0.25, -0.2) is 0 Å². The number of hydrogen-bond donors (Lipinski definition) is 1. The molecule has 0 aliphatic heterocycles. The monoisotopic (exact) mass is 269 g/mol. The van der Waals surface area contributed by atoms with E-state index >= 15 is 0 Å². The largest absolute Gasteiger partial charge is 0.311 e. The maximum atomic E-state index is 4.05. The van der Waals surface area contributed by atoms with Crippen molar-refractivity contribution in [2.45, 2.75) is 69.4 Å². The van der Waals surface area contributed by atoms with Gasteiger partial charge in [0.05, 0.1) is 0 Å². The number of hydrogen-bond acceptors (Lipinski definition) is 1. The van der Waals surface area contributed by atoms with Crippen molar-refractivity contribution in [1.82, 2.24) is 5.32 Å². The summed E-state index contributed by atoms with van der Waals surface area (Å²) in [5.41, 5.74) is 1.56. The molecule has 0 unspecified atom stereocenters. The zero-order chi connectivity index (χ0) is 13.4. The van der Waals surface area contributed by atoms with E-state index < -0.39 is 0 Å². The Balaban J connectivity index is 1.30. The first kappa shape index (κ1) is 12.9. The third-order valence-electron chi connectivity index (χ3n) is 5.69. The van der Waals surface area contributed by atoms with Crippen LogP contribution in [0, 0.1) is 11.8 Å². The van der Waals surface area contributed by atoms with Crippen molar-refractivity contribution in [3.05, 3.63) is 35.9 Å². The molecule has 3 fully saturated rings. The van der Waals surface area contributed by atoms with Gasteiger partial charge in [-0.2, -0.15) is 0 Å². The Bertz CT molecular complexity index is 412. The molecule has 3 saturated carbocycles. The fraction of sp³-hybridized carbons (Fsp3) is 0.684. The van der Waals surface area contributed by atoms with E-state index in [1.165, 1.54) is 51.4 Å². The Kier molecular flexibility index (Phi) is 3.56. The van der Waals surface area contributed by atoms with Crippen LogP contribution >= 0.6 is 0 Å². The van der Waals surface area contributed by atoms with Crippen LogP contribution in [-0.2, 0) is 0 Å². The normalized spacial score (nSPS) is 30.6. The van der Waals surface area contributed by atoms with Crippen molar-refractivity contribution in [3.8, 4) is 0 Å². The number of nitrogens with one attached hydrogen (secondary N) is 1. The second kappa shape index (κ2) is 5.52. The summed E-state index contributed by atoms with van der Waals surface area (Å²) in [5, 5.41) is 4.05. The molecule has 20 heavy (non-hydrogen) atoms. The molecular formula is C19H27N. The molecule has 0 spiro atoms. The summed E-state index contributed by atoms with van der Waals surface area (Å²) >= 11 is 0. The first-order valence-electron chi connectivity index (χ1n) is 8.71. The van der Waals surface area contributed by atoms with Crippen molar-refractivity contribution in [2.75, 3.05) is 0 Å². The fourth-order valence-corrected chi connectivity index (χ4v) is 4.16. The molecule has 0 saturated heterocycles. The fourth-order valence-electron chi connectivity index (χ4n) is 4.16. The van der Waals surface area contributed by atoms with Crippen LogP contribution in [-0.4, -0.2) is 12.1 Å². The van der Waals surface area contributed by atoms with Gasteiger partial charge >= 0.3 is 0 Å². The van der Waals surface area contributed by atoms with Crippen LogP contribution in [0.4, 0.5) is 0 Å². The summed E-state index contributed by atoms with van der Waals surface area (Å²) in [5.74, 6) is 2.89. The van der Waals surface area contributed by atoms with Crippen molar-refractivity contribution >= 4 is 0 Å². The zero-order valence-corrected chi connectivity index (χ0v) is 12.4. The second-order valence-electron chi connectivity index (χ2n) is 7.33. The molecule has 1 nitrogen and oxygen atoms in total. The third kappa shape index (κ3) is 2.93. The summed E-state index contributed by atoms with van der Waals surface area (Å²) in [6.45, 7) is 0. The van der Waals surface area contributed by atoms with E-state index in [4.69, 9.17) is 0 Å². The molecule has 1 aromatic carbocycles. The molecule has 0 atom stereocenters. The van der Waals surface area contributed by atoms with E-state index in [-0.39, 0.29) is 0 Å². The van der Waals surface area contributed by atoms with E-state index in [9.17, 15) is 0 Å².